The molecular weight excluding hydrogens is 308 g/mol. The summed E-state index contributed by atoms with van der Waals surface area (Å²) in [5.74, 6) is -1.46. The van der Waals surface area contributed by atoms with E-state index in [1.54, 1.807) is 12.3 Å². The lowest BCUT2D eigenvalue weighted by Crippen LogP contribution is -2.15. The Morgan fingerprint density at radius 2 is 1.88 bits per heavy atom. The molecular formula is C18H20N2O4. The zero-order chi connectivity index (χ0) is 17.4. The van der Waals surface area contributed by atoms with Gasteiger partial charge in [-0.3, -0.25) is 0 Å². The van der Waals surface area contributed by atoms with Crippen molar-refractivity contribution in [2.24, 2.45) is 0 Å². The first-order valence-corrected chi connectivity index (χ1v) is 7.49. The molecule has 126 valence electrons. The molecule has 2 rings (SSSR count). The van der Waals surface area contributed by atoms with Crippen molar-refractivity contribution in [1.29, 1.82) is 0 Å². The summed E-state index contributed by atoms with van der Waals surface area (Å²) in [5, 5.41) is 4.32. The maximum atomic E-state index is 11.5. The first-order chi connectivity index (χ1) is 11.7. The number of hydrogen-bond acceptors (Lipinski definition) is 5. The molecule has 0 aliphatic rings. The predicted octanol–water partition coefficient (Wildman–Crippen LogP) is 2.09. The van der Waals surface area contributed by atoms with Crippen molar-refractivity contribution < 1.29 is 19.1 Å². The SMILES string of the molecule is COC(=O)C(=C/C=C/NCCc1c[nH]c2ccccc12)C(=O)OC. The van der Waals surface area contributed by atoms with E-state index in [-0.39, 0.29) is 5.57 Å². The average Bonchev–Trinajstić information content (AvgIpc) is 3.03. The fraction of sp³-hybridized carbons (Fsp3) is 0.222. The number of allylic oxidation sites excluding steroid dienone is 2. The largest absolute Gasteiger partial charge is 0.465 e. The quantitative estimate of drug-likeness (QED) is 0.203. The first-order valence-electron chi connectivity index (χ1n) is 7.49. The smallest absolute Gasteiger partial charge is 0.345 e. The van der Waals surface area contributed by atoms with Gasteiger partial charge in [0, 0.05) is 23.6 Å². The fourth-order valence-corrected chi connectivity index (χ4v) is 2.28. The second kappa shape index (κ2) is 8.57. The minimum Gasteiger partial charge on any atom is -0.465 e. The van der Waals surface area contributed by atoms with Crippen LogP contribution in [0.4, 0.5) is 0 Å². The Morgan fingerprint density at radius 3 is 2.58 bits per heavy atom. The van der Waals surface area contributed by atoms with Crippen LogP contribution in [0.25, 0.3) is 10.9 Å². The van der Waals surface area contributed by atoms with Crippen molar-refractivity contribution in [2.75, 3.05) is 20.8 Å². The van der Waals surface area contributed by atoms with Gasteiger partial charge in [-0.25, -0.2) is 9.59 Å². The summed E-state index contributed by atoms with van der Waals surface area (Å²) in [6, 6.07) is 8.13. The van der Waals surface area contributed by atoms with E-state index >= 15 is 0 Å². The van der Waals surface area contributed by atoms with Crippen LogP contribution in [0.15, 0.2) is 54.4 Å². The van der Waals surface area contributed by atoms with Gasteiger partial charge in [0.05, 0.1) is 14.2 Å². The molecule has 0 atom stereocenters. The highest BCUT2D eigenvalue weighted by atomic mass is 16.5. The Labute approximate surface area is 140 Å². The second-order valence-corrected chi connectivity index (χ2v) is 4.99. The van der Waals surface area contributed by atoms with Crippen molar-refractivity contribution in [2.45, 2.75) is 6.42 Å². The van der Waals surface area contributed by atoms with Crippen LogP contribution in [-0.2, 0) is 25.5 Å². The molecule has 24 heavy (non-hydrogen) atoms. The highest BCUT2D eigenvalue weighted by Crippen LogP contribution is 2.17. The number of hydrogen-bond donors (Lipinski definition) is 2. The van der Waals surface area contributed by atoms with Gasteiger partial charge >= 0.3 is 11.9 Å². The van der Waals surface area contributed by atoms with Crippen LogP contribution in [-0.4, -0.2) is 37.7 Å². The minimum atomic E-state index is -0.731. The Hall–Kier alpha value is -3.02. The number of rotatable bonds is 7. The number of esters is 2. The normalized spacial score (nSPS) is 10.6. The molecule has 0 aliphatic carbocycles. The van der Waals surface area contributed by atoms with E-state index in [4.69, 9.17) is 0 Å². The molecule has 0 fully saturated rings. The van der Waals surface area contributed by atoms with E-state index in [1.807, 2.05) is 24.4 Å². The number of para-hydroxylation sites is 1. The number of ether oxygens (including phenoxy) is 2. The predicted molar refractivity (Wildman–Crippen MR) is 91.3 cm³/mol. The zero-order valence-electron chi connectivity index (χ0n) is 13.7. The van der Waals surface area contributed by atoms with Gasteiger partial charge < -0.3 is 19.8 Å². The lowest BCUT2D eigenvalue weighted by Gasteiger charge is -2.02. The van der Waals surface area contributed by atoms with Crippen molar-refractivity contribution in [3.63, 3.8) is 0 Å². The standard InChI is InChI=1S/C18H20N2O4/c1-23-17(21)15(18(22)24-2)7-5-10-19-11-9-13-12-20-16-8-4-3-6-14(13)16/h3-8,10,12,19-20H,9,11H2,1-2H3/b10-5+. The fourth-order valence-electron chi connectivity index (χ4n) is 2.28. The van der Waals surface area contributed by atoms with Gasteiger partial charge in [0.1, 0.15) is 5.57 Å². The topological polar surface area (TPSA) is 80.4 Å². The molecule has 0 spiro atoms. The molecule has 0 bridgehead atoms. The maximum Gasteiger partial charge on any atom is 0.345 e. The number of benzene rings is 1. The highest BCUT2D eigenvalue weighted by molar-refractivity contribution is 6.14. The minimum absolute atomic E-state index is 0.158. The van der Waals surface area contributed by atoms with Crippen LogP contribution < -0.4 is 5.32 Å². The number of H-pyrrole nitrogens is 1. The third-order valence-electron chi connectivity index (χ3n) is 3.50. The molecule has 1 heterocycles. The summed E-state index contributed by atoms with van der Waals surface area (Å²) in [6.45, 7) is 0.720. The van der Waals surface area contributed by atoms with E-state index in [0.717, 1.165) is 18.5 Å². The van der Waals surface area contributed by atoms with Crippen LogP contribution >= 0.6 is 0 Å². The number of carbonyl (C=O) groups is 2. The zero-order valence-corrected chi connectivity index (χ0v) is 13.7. The molecule has 6 heteroatoms. The lowest BCUT2D eigenvalue weighted by atomic mass is 10.1. The Morgan fingerprint density at radius 1 is 1.17 bits per heavy atom. The summed E-state index contributed by atoms with van der Waals surface area (Å²) < 4.78 is 9.08. The van der Waals surface area contributed by atoms with E-state index in [2.05, 4.69) is 25.8 Å². The summed E-state index contributed by atoms with van der Waals surface area (Å²) in [6.07, 6.45) is 7.44. The molecule has 0 saturated heterocycles. The summed E-state index contributed by atoms with van der Waals surface area (Å²) in [5.41, 5.74) is 2.19. The van der Waals surface area contributed by atoms with Crippen LogP contribution in [0.2, 0.25) is 0 Å². The Balaban J connectivity index is 1.88. The maximum absolute atomic E-state index is 11.5. The summed E-state index contributed by atoms with van der Waals surface area (Å²) in [4.78, 5) is 26.2. The number of aromatic amines is 1. The number of methoxy groups -OCH3 is 2. The molecule has 0 unspecified atom stereocenters. The van der Waals surface area contributed by atoms with Gasteiger partial charge in [-0.2, -0.15) is 0 Å². The first kappa shape index (κ1) is 17.3. The van der Waals surface area contributed by atoms with Gasteiger partial charge in [-0.1, -0.05) is 18.2 Å². The van der Waals surface area contributed by atoms with Gasteiger partial charge in [0.15, 0.2) is 0 Å². The number of carbonyl (C=O) groups excluding carboxylic acids is 2. The van der Waals surface area contributed by atoms with E-state index < -0.39 is 11.9 Å². The van der Waals surface area contributed by atoms with E-state index in [9.17, 15) is 9.59 Å². The monoisotopic (exact) mass is 328 g/mol. The van der Waals surface area contributed by atoms with Gasteiger partial charge in [0.2, 0.25) is 0 Å². The lowest BCUT2D eigenvalue weighted by molar-refractivity contribution is -0.144. The highest BCUT2D eigenvalue weighted by Gasteiger charge is 2.18. The molecule has 0 amide bonds. The molecule has 0 radical (unpaired) electrons. The molecule has 0 aliphatic heterocycles. The summed E-state index contributed by atoms with van der Waals surface area (Å²) >= 11 is 0. The molecule has 1 aromatic carbocycles. The second-order valence-electron chi connectivity index (χ2n) is 4.99. The van der Waals surface area contributed by atoms with Crippen LogP contribution in [0.3, 0.4) is 0 Å². The third-order valence-corrected chi connectivity index (χ3v) is 3.50. The third kappa shape index (κ3) is 4.25. The molecule has 2 aromatic rings. The van der Waals surface area contributed by atoms with Gasteiger partial charge in [-0.15, -0.1) is 0 Å². The average molecular weight is 328 g/mol. The van der Waals surface area contributed by atoms with Gasteiger partial charge in [0.25, 0.3) is 0 Å². The molecule has 0 saturated carbocycles. The van der Waals surface area contributed by atoms with Crippen molar-refractivity contribution >= 4 is 22.8 Å². The Kier molecular flexibility index (Phi) is 6.19. The number of fused-ring (bicyclic) bond motifs is 1. The Bertz CT molecular complexity index is 756. The van der Waals surface area contributed by atoms with Gasteiger partial charge in [-0.05, 0) is 36.4 Å². The van der Waals surface area contributed by atoms with Crippen LogP contribution in [0.1, 0.15) is 5.56 Å². The van der Waals surface area contributed by atoms with E-state index in [1.165, 1.54) is 31.2 Å². The molecule has 1 aromatic heterocycles. The van der Waals surface area contributed by atoms with Crippen molar-refractivity contribution in [3.8, 4) is 0 Å². The van der Waals surface area contributed by atoms with Crippen molar-refractivity contribution in [3.05, 3.63) is 60.0 Å². The van der Waals surface area contributed by atoms with Crippen LogP contribution in [0.5, 0.6) is 0 Å². The van der Waals surface area contributed by atoms with Crippen molar-refractivity contribution in [1.82, 2.24) is 10.3 Å². The molecule has 6 nitrogen and oxygen atoms in total. The summed E-state index contributed by atoms with van der Waals surface area (Å²) in [7, 11) is 2.42. The van der Waals surface area contributed by atoms with Crippen LogP contribution in [0, 0.1) is 0 Å². The molecule has 2 N–H and O–H groups in total. The number of aromatic nitrogens is 1. The van der Waals surface area contributed by atoms with E-state index in [0.29, 0.717) is 0 Å². The number of nitrogens with one attached hydrogen (secondary N) is 2.